The van der Waals surface area contributed by atoms with Crippen LogP contribution in [-0.2, 0) is 9.84 Å². The molecule has 0 spiro atoms. The van der Waals surface area contributed by atoms with E-state index in [-0.39, 0.29) is 4.90 Å². The van der Waals surface area contributed by atoms with Gasteiger partial charge in [-0.25, -0.2) is 8.42 Å². The molecule has 0 aliphatic carbocycles. The molecule has 2 aromatic carbocycles. The summed E-state index contributed by atoms with van der Waals surface area (Å²) in [4.78, 5) is 0.187. The summed E-state index contributed by atoms with van der Waals surface area (Å²) >= 11 is 5.72. The van der Waals surface area contributed by atoms with E-state index >= 15 is 0 Å². The van der Waals surface area contributed by atoms with E-state index in [1.807, 2.05) is 6.07 Å². The van der Waals surface area contributed by atoms with Crippen LogP contribution >= 0.6 is 11.6 Å². The third-order valence-corrected chi connectivity index (χ3v) is 4.30. The predicted molar refractivity (Wildman–Crippen MR) is 78.8 cm³/mol. The third kappa shape index (κ3) is 3.47. The van der Waals surface area contributed by atoms with Crippen molar-refractivity contribution in [3.63, 3.8) is 0 Å². The van der Waals surface area contributed by atoms with E-state index in [1.54, 1.807) is 24.3 Å². The third-order valence-electron chi connectivity index (χ3n) is 2.62. The summed E-state index contributed by atoms with van der Waals surface area (Å²) in [5.41, 5.74) is 1.24. The molecule has 0 aromatic heterocycles. The fourth-order valence-corrected chi connectivity index (χ4v) is 2.67. The zero-order valence-electron chi connectivity index (χ0n) is 10.3. The maximum Gasteiger partial charge on any atom is 0.199 e. The number of benzene rings is 2. The number of hydrogen-bond donors (Lipinski definition) is 0. The molecule has 0 aliphatic rings. The van der Waals surface area contributed by atoms with Crippen molar-refractivity contribution in [3.05, 3.63) is 70.1 Å². The van der Waals surface area contributed by atoms with Crippen LogP contribution < -0.4 is 0 Å². The van der Waals surface area contributed by atoms with Crippen LogP contribution in [0.4, 0.5) is 0 Å². The first kappa shape index (κ1) is 14.3. The van der Waals surface area contributed by atoms with Gasteiger partial charge in [0.15, 0.2) is 9.84 Å². The topological polar surface area (TPSA) is 57.9 Å². The smallest absolute Gasteiger partial charge is 0.199 e. The quantitative estimate of drug-likeness (QED) is 0.869. The molecule has 0 fully saturated rings. The van der Waals surface area contributed by atoms with E-state index in [2.05, 4.69) is 0 Å². The number of hydrogen-bond acceptors (Lipinski definition) is 3. The molecule has 0 atom stereocenters. The molecule has 20 heavy (non-hydrogen) atoms. The normalized spacial score (nSPS) is 11.4. The molecule has 3 nitrogen and oxygen atoms in total. The van der Waals surface area contributed by atoms with Crippen LogP contribution in [0.1, 0.15) is 11.1 Å². The second-order valence-corrected chi connectivity index (χ2v) is 6.31. The van der Waals surface area contributed by atoms with E-state index in [0.717, 1.165) is 5.41 Å². The number of nitrogens with zero attached hydrogens (tertiary/aromatic N) is 1. The van der Waals surface area contributed by atoms with Gasteiger partial charge in [-0.2, -0.15) is 5.26 Å². The van der Waals surface area contributed by atoms with Crippen molar-refractivity contribution in [1.29, 1.82) is 5.26 Å². The van der Waals surface area contributed by atoms with Crippen molar-refractivity contribution in [2.45, 2.75) is 4.90 Å². The summed E-state index contributed by atoms with van der Waals surface area (Å²) < 4.78 is 24.1. The van der Waals surface area contributed by atoms with Gasteiger partial charge in [0, 0.05) is 10.4 Å². The highest BCUT2D eigenvalue weighted by molar-refractivity contribution is 7.94. The molecule has 0 saturated heterocycles. The average molecular weight is 304 g/mol. The maximum atomic E-state index is 12.1. The lowest BCUT2D eigenvalue weighted by atomic mass is 10.1. The minimum absolute atomic E-state index is 0.187. The largest absolute Gasteiger partial charge is 0.219 e. The molecule has 0 aliphatic heterocycles. The number of halogens is 1. The van der Waals surface area contributed by atoms with E-state index in [4.69, 9.17) is 16.9 Å². The van der Waals surface area contributed by atoms with Crippen LogP contribution in [0.25, 0.3) is 6.08 Å². The Balaban J connectivity index is 2.25. The van der Waals surface area contributed by atoms with Crippen LogP contribution in [0.3, 0.4) is 0 Å². The van der Waals surface area contributed by atoms with Gasteiger partial charge in [-0.15, -0.1) is 0 Å². The highest BCUT2D eigenvalue weighted by Crippen LogP contribution is 2.17. The number of nitriles is 1. The van der Waals surface area contributed by atoms with Crippen LogP contribution in [0.15, 0.2) is 58.8 Å². The number of rotatable bonds is 3. The van der Waals surface area contributed by atoms with Crippen LogP contribution in [0, 0.1) is 11.3 Å². The van der Waals surface area contributed by atoms with E-state index in [9.17, 15) is 8.42 Å². The molecule has 100 valence electrons. The SMILES string of the molecule is N#Cc1ccc(/C=C/S(=O)(=O)c2ccc(Cl)cc2)cc1. The molecule has 0 saturated carbocycles. The first-order chi connectivity index (χ1) is 9.51. The molecule has 0 bridgehead atoms. The summed E-state index contributed by atoms with van der Waals surface area (Å²) in [6, 6.07) is 14.6. The van der Waals surface area contributed by atoms with Gasteiger partial charge in [0.2, 0.25) is 0 Å². The Hall–Kier alpha value is -2.09. The second-order valence-electron chi connectivity index (χ2n) is 4.04. The molecule has 0 heterocycles. The Morgan fingerprint density at radius 3 is 2.15 bits per heavy atom. The molecular formula is C15H10ClNO2S. The molecular weight excluding hydrogens is 294 g/mol. The fraction of sp³-hybridized carbons (Fsp3) is 0. The van der Waals surface area contributed by atoms with Crippen molar-refractivity contribution < 1.29 is 8.42 Å². The zero-order chi connectivity index (χ0) is 14.6. The summed E-state index contributed by atoms with van der Waals surface area (Å²) in [5.74, 6) is 0. The van der Waals surface area contributed by atoms with Crippen molar-refractivity contribution in [2.24, 2.45) is 0 Å². The summed E-state index contributed by atoms with van der Waals surface area (Å²) in [7, 11) is -3.50. The van der Waals surface area contributed by atoms with Gasteiger partial charge in [0.05, 0.1) is 16.5 Å². The summed E-state index contributed by atoms with van der Waals surface area (Å²) in [5, 5.41) is 10.3. The van der Waals surface area contributed by atoms with E-state index in [0.29, 0.717) is 16.1 Å². The Kier molecular flexibility index (Phi) is 4.23. The van der Waals surface area contributed by atoms with Gasteiger partial charge >= 0.3 is 0 Å². The molecule has 0 N–H and O–H groups in total. The van der Waals surface area contributed by atoms with Crippen molar-refractivity contribution in [1.82, 2.24) is 0 Å². The van der Waals surface area contributed by atoms with Gasteiger partial charge in [0.25, 0.3) is 0 Å². The van der Waals surface area contributed by atoms with E-state index in [1.165, 1.54) is 30.3 Å². The van der Waals surface area contributed by atoms with Gasteiger partial charge in [-0.1, -0.05) is 23.7 Å². The molecule has 5 heteroatoms. The molecule has 0 amide bonds. The predicted octanol–water partition coefficient (Wildman–Crippen LogP) is 3.66. The highest BCUT2D eigenvalue weighted by Gasteiger charge is 2.09. The molecule has 0 radical (unpaired) electrons. The average Bonchev–Trinajstić information content (AvgIpc) is 2.46. The molecule has 2 aromatic rings. The van der Waals surface area contributed by atoms with E-state index < -0.39 is 9.84 Å². The first-order valence-corrected chi connectivity index (χ1v) is 7.62. The van der Waals surface area contributed by atoms with Crippen molar-refractivity contribution in [2.75, 3.05) is 0 Å². The van der Waals surface area contributed by atoms with Crippen LogP contribution in [0.5, 0.6) is 0 Å². The molecule has 2 rings (SSSR count). The lowest BCUT2D eigenvalue weighted by molar-refractivity contribution is 0.605. The van der Waals surface area contributed by atoms with Crippen molar-refractivity contribution in [3.8, 4) is 6.07 Å². The van der Waals surface area contributed by atoms with Gasteiger partial charge < -0.3 is 0 Å². The Morgan fingerprint density at radius 1 is 1.00 bits per heavy atom. The lowest BCUT2D eigenvalue weighted by Gasteiger charge is -1.99. The Labute approximate surface area is 122 Å². The van der Waals surface area contributed by atoms with Gasteiger partial charge in [-0.05, 0) is 48.0 Å². The standard InChI is InChI=1S/C15H10ClNO2S/c16-14-5-7-15(8-6-14)20(18,19)10-9-12-1-3-13(11-17)4-2-12/h1-10H/b10-9+. The maximum absolute atomic E-state index is 12.1. The summed E-state index contributed by atoms with van der Waals surface area (Å²) in [6.07, 6.45) is 1.49. The van der Waals surface area contributed by atoms with Gasteiger partial charge in [-0.3, -0.25) is 0 Å². The van der Waals surface area contributed by atoms with Crippen LogP contribution in [0.2, 0.25) is 5.02 Å². The van der Waals surface area contributed by atoms with Crippen LogP contribution in [-0.4, -0.2) is 8.42 Å². The monoisotopic (exact) mass is 303 g/mol. The fourth-order valence-electron chi connectivity index (χ4n) is 1.54. The number of sulfone groups is 1. The minimum Gasteiger partial charge on any atom is -0.219 e. The van der Waals surface area contributed by atoms with Crippen molar-refractivity contribution >= 4 is 27.5 Å². The second kappa shape index (κ2) is 5.91. The highest BCUT2D eigenvalue weighted by atomic mass is 35.5. The minimum atomic E-state index is -3.50. The lowest BCUT2D eigenvalue weighted by Crippen LogP contribution is -1.95. The Morgan fingerprint density at radius 2 is 1.60 bits per heavy atom. The first-order valence-electron chi connectivity index (χ1n) is 5.70. The Bertz CT molecular complexity index is 770. The van der Waals surface area contributed by atoms with Gasteiger partial charge in [0.1, 0.15) is 0 Å². The molecule has 0 unspecified atom stereocenters. The zero-order valence-corrected chi connectivity index (χ0v) is 11.9. The summed E-state index contributed by atoms with van der Waals surface area (Å²) in [6.45, 7) is 0.